The van der Waals surface area contributed by atoms with Gasteiger partial charge in [-0.2, -0.15) is 0 Å². The molecule has 0 aliphatic carbocycles. The number of hydrogen-bond donors (Lipinski definition) is 1. The van der Waals surface area contributed by atoms with Crippen molar-refractivity contribution in [1.82, 2.24) is 20.1 Å². The van der Waals surface area contributed by atoms with Crippen molar-refractivity contribution in [3.05, 3.63) is 66.0 Å². The van der Waals surface area contributed by atoms with Crippen molar-refractivity contribution in [3.8, 4) is 0 Å². The molecule has 7 nitrogen and oxygen atoms in total. The number of piperazine rings is 1. The van der Waals surface area contributed by atoms with Gasteiger partial charge in [-0.25, -0.2) is 0 Å². The Kier molecular flexibility index (Phi) is 6.83. The fourth-order valence-electron chi connectivity index (χ4n) is 4.86. The first-order valence-corrected chi connectivity index (χ1v) is 11.4. The molecule has 0 bridgehead atoms. The third kappa shape index (κ3) is 4.66. The van der Waals surface area contributed by atoms with E-state index in [0.717, 1.165) is 17.5 Å². The molecule has 2 saturated heterocycles. The van der Waals surface area contributed by atoms with Crippen LogP contribution >= 0.6 is 0 Å². The van der Waals surface area contributed by atoms with E-state index in [1.807, 2.05) is 54.3 Å². The first kappa shape index (κ1) is 22.0. The largest absolute Gasteiger partial charge is 0.356 e. The van der Waals surface area contributed by atoms with Gasteiger partial charge in [0.1, 0.15) is 0 Å². The Labute approximate surface area is 188 Å². The quantitative estimate of drug-likeness (QED) is 0.725. The molecule has 2 aliphatic heterocycles. The van der Waals surface area contributed by atoms with Crippen LogP contribution in [0.2, 0.25) is 0 Å². The molecule has 2 fully saturated rings. The van der Waals surface area contributed by atoms with E-state index >= 15 is 0 Å². The average molecular weight is 435 g/mol. The molecule has 0 radical (unpaired) electrons. The Balaban J connectivity index is 1.49. The Morgan fingerprint density at radius 1 is 1.16 bits per heavy atom. The normalized spacial score (nSPS) is 22.5. The maximum Gasteiger partial charge on any atom is 0.243 e. The van der Waals surface area contributed by atoms with Crippen molar-refractivity contribution in [1.29, 1.82) is 0 Å². The van der Waals surface area contributed by atoms with Crippen LogP contribution in [-0.4, -0.2) is 58.2 Å². The van der Waals surface area contributed by atoms with Crippen LogP contribution < -0.4 is 5.32 Å². The molecule has 3 atom stereocenters. The fraction of sp³-hybridized carbons (Fsp3) is 0.440. The van der Waals surface area contributed by atoms with Crippen LogP contribution in [0.1, 0.15) is 43.4 Å². The van der Waals surface area contributed by atoms with Gasteiger partial charge in [0.15, 0.2) is 0 Å². The molecular weight excluding hydrogens is 404 g/mol. The lowest BCUT2D eigenvalue weighted by atomic mass is 9.92. The second kappa shape index (κ2) is 9.94. The number of carbonyl (C=O) groups is 3. The standard InChI is InChI=1S/C25H30N4O3/c1-2-12-27-25(32)21-14-20-16-28(22(30)11-10-18-7-6-13-26-15-18)17-23(31)29(20)24(21)19-8-4-3-5-9-19/h3-9,13,15,20-21,24H,2,10-12,14,16-17H2,1H3,(H,27,32)/t20-,21-,24-/m0/s1. The van der Waals surface area contributed by atoms with E-state index in [9.17, 15) is 14.4 Å². The van der Waals surface area contributed by atoms with Gasteiger partial charge >= 0.3 is 0 Å². The summed E-state index contributed by atoms with van der Waals surface area (Å²) in [7, 11) is 0. The van der Waals surface area contributed by atoms with E-state index in [0.29, 0.717) is 32.4 Å². The average Bonchev–Trinajstić information content (AvgIpc) is 3.22. The highest BCUT2D eigenvalue weighted by Crippen LogP contribution is 2.43. The summed E-state index contributed by atoms with van der Waals surface area (Å²) in [5.41, 5.74) is 1.97. The second-order valence-corrected chi connectivity index (χ2v) is 8.58. The maximum absolute atomic E-state index is 13.2. The first-order chi connectivity index (χ1) is 15.6. The third-order valence-corrected chi connectivity index (χ3v) is 6.38. The highest BCUT2D eigenvalue weighted by Gasteiger charge is 2.50. The van der Waals surface area contributed by atoms with Crippen molar-refractivity contribution in [2.75, 3.05) is 19.6 Å². The molecule has 3 heterocycles. The van der Waals surface area contributed by atoms with Gasteiger partial charge in [0.25, 0.3) is 0 Å². The summed E-state index contributed by atoms with van der Waals surface area (Å²) >= 11 is 0. The number of aromatic nitrogens is 1. The molecule has 3 amide bonds. The number of benzene rings is 1. The lowest BCUT2D eigenvalue weighted by Crippen LogP contribution is -2.56. The molecule has 0 unspecified atom stereocenters. The van der Waals surface area contributed by atoms with Crippen LogP contribution in [0, 0.1) is 5.92 Å². The number of amides is 3. The Morgan fingerprint density at radius 3 is 2.69 bits per heavy atom. The maximum atomic E-state index is 13.2. The molecular formula is C25H30N4O3. The molecule has 0 spiro atoms. The number of aryl methyl sites for hydroxylation is 1. The number of pyridine rings is 1. The minimum Gasteiger partial charge on any atom is -0.356 e. The molecule has 4 rings (SSSR count). The Morgan fingerprint density at radius 2 is 1.97 bits per heavy atom. The Bertz CT molecular complexity index is 950. The van der Waals surface area contributed by atoms with Crippen LogP contribution in [0.5, 0.6) is 0 Å². The zero-order valence-electron chi connectivity index (χ0n) is 18.4. The van der Waals surface area contributed by atoms with Gasteiger partial charge in [-0.1, -0.05) is 43.3 Å². The number of hydrogen-bond acceptors (Lipinski definition) is 4. The van der Waals surface area contributed by atoms with Crippen LogP contribution in [0.3, 0.4) is 0 Å². The van der Waals surface area contributed by atoms with Gasteiger partial charge in [-0.05, 0) is 36.5 Å². The zero-order chi connectivity index (χ0) is 22.5. The van der Waals surface area contributed by atoms with E-state index in [1.165, 1.54) is 0 Å². The van der Waals surface area contributed by atoms with Crippen molar-refractivity contribution in [2.45, 2.75) is 44.7 Å². The molecule has 2 aromatic rings. The molecule has 0 saturated carbocycles. The van der Waals surface area contributed by atoms with Gasteiger partial charge in [0.05, 0.1) is 24.5 Å². The summed E-state index contributed by atoms with van der Waals surface area (Å²) in [5, 5.41) is 3.01. The first-order valence-electron chi connectivity index (χ1n) is 11.4. The molecule has 7 heteroatoms. The molecule has 1 N–H and O–H groups in total. The summed E-state index contributed by atoms with van der Waals surface area (Å²) in [6, 6.07) is 13.1. The lowest BCUT2D eigenvalue weighted by Gasteiger charge is -2.40. The van der Waals surface area contributed by atoms with Crippen molar-refractivity contribution >= 4 is 17.7 Å². The number of nitrogens with zero attached hydrogens (tertiary/aromatic N) is 3. The summed E-state index contributed by atoms with van der Waals surface area (Å²) in [6.45, 7) is 3.17. The highest BCUT2D eigenvalue weighted by atomic mass is 16.2. The summed E-state index contributed by atoms with van der Waals surface area (Å²) in [5.74, 6) is -0.451. The number of fused-ring (bicyclic) bond motifs is 1. The van der Waals surface area contributed by atoms with Crippen LogP contribution in [-0.2, 0) is 20.8 Å². The fourth-order valence-corrected chi connectivity index (χ4v) is 4.86. The number of nitrogens with one attached hydrogen (secondary N) is 1. The summed E-state index contributed by atoms with van der Waals surface area (Å²) in [4.78, 5) is 46.7. The number of rotatable bonds is 7. The van der Waals surface area contributed by atoms with Crippen molar-refractivity contribution < 1.29 is 14.4 Å². The predicted octanol–water partition coefficient (Wildman–Crippen LogP) is 2.34. The van der Waals surface area contributed by atoms with Gasteiger partial charge in [0.2, 0.25) is 17.7 Å². The monoisotopic (exact) mass is 434 g/mol. The summed E-state index contributed by atoms with van der Waals surface area (Å²) < 4.78 is 0. The van der Waals surface area contributed by atoms with Gasteiger partial charge < -0.3 is 15.1 Å². The predicted molar refractivity (Wildman–Crippen MR) is 120 cm³/mol. The van der Waals surface area contributed by atoms with Crippen LogP contribution in [0.25, 0.3) is 0 Å². The second-order valence-electron chi connectivity index (χ2n) is 8.58. The smallest absolute Gasteiger partial charge is 0.243 e. The molecule has 1 aromatic carbocycles. The van der Waals surface area contributed by atoms with Gasteiger partial charge in [-0.3, -0.25) is 19.4 Å². The molecule has 168 valence electrons. The minimum atomic E-state index is -0.316. The van der Waals surface area contributed by atoms with Crippen LogP contribution in [0.4, 0.5) is 0 Å². The third-order valence-electron chi connectivity index (χ3n) is 6.38. The topological polar surface area (TPSA) is 82.6 Å². The van der Waals surface area contributed by atoms with Crippen molar-refractivity contribution in [3.63, 3.8) is 0 Å². The Hall–Kier alpha value is -3.22. The highest BCUT2D eigenvalue weighted by molar-refractivity contribution is 5.89. The van der Waals surface area contributed by atoms with Crippen LogP contribution in [0.15, 0.2) is 54.9 Å². The van der Waals surface area contributed by atoms with E-state index in [-0.39, 0.29) is 42.3 Å². The van der Waals surface area contributed by atoms with E-state index in [1.54, 1.807) is 17.3 Å². The van der Waals surface area contributed by atoms with E-state index in [2.05, 4.69) is 10.3 Å². The lowest BCUT2D eigenvalue weighted by molar-refractivity contribution is -0.149. The SMILES string of the molecule is CCCNC(=O)[C@H]1C[C@H]2CN(C(=O)CCc3cccnc3)CC(=O)N2[C@H]1c1ccccc1. The zero-order valence-corrected chi connectivity index (χ0v) is 18.4. The van der Waals surface area contributed by atoms with E-state index < -0.39 is 0 Å². The minimum absolute atomic E-state index is 0.0163. The molecule has 1 aromatic heterocycles. The van der Waals surface area contributed by atoms with Crippen molar-refractivity contribution in [2.24, 2.45) is 5.92 Å². The number of carbonyl (C=O) groups excluding carboxylic acids is 3. The molecule has 32 heavy (non-hydrogen) atoms. The van der Waals surface area contributed by atoms with Gasteiger partial charge in [0, 0.05) is 31.9 Å². The molecule has 2 aliphatic rings. The van der Waals surface area contributed by atoms with E-state index in [4.69, 9.17) is 0 Å². The summed E-state index contributed by atoms with van der Waals surface area (Å²) in [6.07, 6.45) is 5.83. The van der Waals surface area contributed by atoms with Gasteiger partial charge in [-0.15, -0.1) is 0 Å².